The molecule has 1 aliphatic rings. The third-order valence-corrected chi connectivity index (χ3v) is 4.90. The highest BCUT2D eigenvalue weighted by Crippen LogP contribution is 2.29. The van der Waals surface area contributed by atoms with Gasteiger partial charge in [0.1, 0.15) is 5.82 Å². The number of fused-ring (bicyclic) bond motifs is 1. The van der Waals surface area contributed by atoms with Crippen molar-refractivity contribution in [2.24, 2.45) is 0 Å². The summed E-state index contributed by atoms with van der Waals surface area (Å²) in [6.45, 7) is 0.983. The van der Waals surface area contributed by atoms with E-state index in [9.17, 15) is 14.9 Å². The van der Waals surface area contributed by atoms with E-state index in [1.54, 1.807) is 12.1 Å². The van der Waals surface area contributed by atoms with Crippen molar-refractivity contribution in [2.75, 3.05) is 5.32 Å². The fourth-order valence-corrected chi connectivity index (χ4v) is 3.47. The quantitative estimate of drug-likeness (QED) is 0.539. The second-order valence-corrected chi connectivity index (χ2v) is 6.89. The highest BCUT2D eigenvalue weighted by Gasteiger charge is 2.16. The van der Waals surface area contributed by atoms with E-state index in [1.165, 1.54) is 12.1 Å². The molecule has 0 unspecified atom stereocenters. The highest BCUT2D eigenvalue weighted by molar-refractivity contribution is 5.96. The van der Waals surface area contributed by atoms with E-state index in [1.807, 2.05) is 24.3 Å². The average Bonchev–Trinajstić information content (AvgIpc) is 3.12. The van der Waals surface area contributed by atoms with Crippen molar-refractivity contribution in [3.05, 3.63) is 76.2 Å². The number of nitrogens with zero attached hydrogens (tertiary/aromatic N) is 3. The van der Waals surface area contributed by atoms with Gasteiger partial charge in [-0.2, -0.15) is 0 Å². The van der Waals surface area contributed by atoms with Gasteiger partial charge in [0, 0.05) is 36.9 Å². The minimum absolute atomic E-state index is 0.0123. The summed E-state index contributed by atoms with van der Waals surface area (Å²) in [5.74, 6) is 0.915. The van der Waals surface area contributed by atoms with Crippen molar-refractivity contribution in [1.82, 2.24) is 9.55 Å². The summed E-state index contributed by atoms with van der Waals surface area (Å²) in [5.41, 5.74) is 3.20. The minimum atomic E-state index is -0.454. The van der Waals surface area contributed by atoms with Gasteiger partial charge in [-0.1, -0.05) is 30.3 Å². The Bertz CT molecular complexity index is 1000. The maximum Gasteiger partial charge on any atom is 0.269 e. The number of hydrogen-bond donors (Lipinski definition) is 1. The number of amides is 1. The number of anilines is 1. The molecule has 0 fully saturated rings. The first kappa shape index (κ1) is 17.9. The fourth-order valence-electron chi connectivity index (χ4n) is 3.47. The van der Waals surface area contributed by atoms with Gasteiger partial charge in [-0.3, -0.25) is 14.9 Å². The fraction of sp³-hybridized carbons (Fsp3) is 0.238. The van der Waals surface area contributed by atoms with Gasteiger partial charge in [-0.15, -0.1) is 0 Å². The first-order chi connectivity index (χ1) is 13.6. The van der Waals surface area contributed by atoms with Crippen LogP contribution in [0, 0.1) is 10.1 Å². The summed E-state index contributed by atoms with van der Waals surface area (Å²) in [6.07, 6.45) is 5.50. The zero-order valence-electron chi connectivity index (χ0n) is 15.3. The number of benzene rings is 2. The maximum atomic E-state index is 12.5. The molecule has 2 aromatic carbocycles. The van der Waals surface area contributed by atoms with Crippen LogP contribution in [0.15, 0.2) is 54.7 Å². The number of rotatable bonds is 5. The molecule has 0 radical (unpaired) electrons. The van der Waals surface area contributed by atoms with E-state index in [0.717, 1.165) is 48.5 Å². The van der Waals surface area contributed by atoms with Gasteiger partial charge in [-0.25, -0.2) is 4.98 Å². The van der Waals surface area contributed by atoms with Crippen molar-refractivity contribution in [3.63, 3.8) is 0 Å². The van der Waals surface area contributed by atoms with Crippen LogP contribution < -0.4 is 5.32 Å². The molecule has 1 N–H and O–H groups in total. The molecule has 0 bridgehead atoms. The van der Waals surface area contributed by atoms with Gasteiger partial charge >= 0.3 is 0 Å². The molecular weight excluding hydrogens is 356 g/mol. The van der Waals surface area contributed by atoms with Gasteiger partial charge in [0.25, 0.3) is 5.69 Å². The van der Waals surface area contributed by atoms with Crippen LogP contribution >= 0.6 is 0 Å². The molecule has 0 saturated heterocycles. The van der Waals surface area contributed by atoms with Crippen molar-refractivity contribution >= 4 is 17.3 Å². The third kappa shape index (κ3) is 3.78. The Kier molecular flexibility index (Phi) is 4.89. The number of nitro groups is 1. The number of aryl methyl sites for hydroxylation is 2. The molecule has 7 nitrogen and oxygen atoms in total. The molecule has 7 heteroatoms. The lowest BCUT2D eigenvalue weighted by atomic mass is 10.1. The Labute approximate surface area is 162 Å². The highest BCUT2D eigenvalue weighted by atomic mass is 16.6. The first-order valence-electron chi connectivity index (χ1n) is 9.29. The van der Waals surface area contributed by atoms with Gasteiger partial charge in [0.2, 0.25) is 5.91 Å². The summed E-state index contributed by atoms with van der Waals surface area (Å²) in [5, 5.41) is 13.7. The Morgan fingerprint density at radius 2 is 1.93 bits per heavy atom. The maximum absolute atomic E-state index is 12.5. The second kappa shape index (κ2) is 7.64. The lowest BCUT2D eigenvalue weighted by Gasteiger charge is -2.11. The second-order valence-electron chi connectivity index (χ2n) is 6.89. The normalized spacial score (nSPS) is 13.0. The van der Waals surface area contributed by atoms with Gasteiger partial charge in [0.05, 0.1) is 22.7 Å². The molecule has 0 saturated carbocycles. The van der Waals surface area contributed by atoms with E-state index in [2.05, 4.69) is 16.1 Å². The zero-order valence-corrected chi connectivity index (χ0v) is 15.3. The van der Waals surface area contributed by atoms with Crippen LogP contribution in [0.4, 0.5) is 11.4 Å². The molecule has 28 heavy (non-hydrogen) atoms. The average molecular weight is 376 g/mol. The van der Waals surface area contributed by atoms with Crippen molar-refractivity contribution in [2.45, 2.75) is 32.2 Å². The summed E-state index contributed by atoms with van der Waals surface area (Å²) in [7, 11) is 0. The summed E-state index contributed by atoms with van der Waals surface area (Å²) >= 11 is 0. The number of aromatic nitrogens is 2. The lowest BCUT2D eigenvalue weighted by molar-refractivity contribution is -0.384. The van der Waals surface area contributed by atoms with Crippen LogP contribution in [0.2, 0.25) is 0 Å². The molecule has 4 rings (SSSR count). The Morgan fingerprint density at radius 3 is 2.68 bits per heavy atom. The standard InChI is InChI=1S/C21H20N4O3/c26-21(13-15-8-10-16(11-9-15)25(27)28)23-18-6-2-1-5-17(18)19-14-24-12-4-3-7-20(24)22-19/h1-2,5-6,8-11,14H,3-4,7,12-13H2,(H,23,26). The molecule has 1 aliphatic heterocycles. The van der Waals surface area contributed by atoms with Crippen LogP contribution in [0.5, 0.6) is 0 Å². The number of non-ortho nitro benzene ring substituents is 1. The van der Waals surface area contributed by atoms with E-state index < -0.39 is 4.92 Å². The number of carbonyl (C=O) groups is 1. The van der Waals surface area contributed by atoms with Crippen LogP contribution in [-0.4, -0.2) is 20.4 Å². The van der Waals surface area contributed by atoms with Crippen LogP contribution in [-0.2, 0) is 24.2 Å². The van der Waals surface area contributed by atoms with Crippen molar-refractivity contribution in [1.29, 1.82) is 0 Å². The SMILES string of the molecule is O=C(Cc1ccc([N+](=O)[O-])cc1)Nc1ccccc1-c1cn2c(n1)CCCC2. The van der Waals surface area contributed by atoms with E-state index in [4.69, 9.17) is 4.98 Å². The molecular formula is C21H20N4O3. The lowest BCUT2D eigenvalue weighted by Crippen LogP contribution is -2.15. The first-order valence-corrected chi connectivity index (χ1v) is 9.29. The molecule has 0 spiro atoms. The van der Waals surface area contributed by atoms with E-state index >= 15 is 0 Å². The number of hydrogen-bond acceptors (Lipinski definition) is 4. The third-order valence-electron chi connectivity index (χ3n) is 4.90. The van der Waals surface area contributed by atoms with E-state index in [0.29, 0.717) is 5.69 Å². The molecule has 0 atom stereocenters. The van der Waals surface area contributed by atoms with E-state index in [-0.39, 0.29) is 18.0 Å². The molecule has 1 amide bonds. The Hall–Kier alpha value is -3.48. The Morgan fingerprint density at radius 1 is 1.14 bits per heavy atom. The topological polar surface area (TPSA) is 90.1 Å². The molecule has 1 aromatic heterocycles. The summed E-state index contributed by atoms with van der Waals surface area (Å²) in [4.78, 5) is 27.5. The van der Waals surface area contributed by atoms with Crippen molar-refractivity contribution in [3.8, 4) is 11.3 Å². The van der Waals surface area contributed by atoms with Crippen LogP contribution in [0.25, 0.3) is 11.3 Å². The van der Waals surface area contributed by atoms with Gasteiger partial charge in [0.15, 0.2) is 0 Å². The number of para-hydroxylation sites is 1. The zero-order chi connectivity index (χ0) is 19.5. The summed E-state index contributed by atoms with van der Waals surface area (Å²) in [6, 6.07) is 13.6. The minimum Gasteiger partial charge on any atom is -0.334 e. The molecule has 0 aliphatic carbocycles. The Balaban J connectivity index is 1.51. The largest absolute Gasteiger partial charge is 0.334 e. The van der Waals surface area contributed by atoms with Crippen LogP contribution in [0.1, 0.15) is 24.2 Å². The predicted molar refractivity (Wildman–Crippen MR) is 106 cm³/mol. The summed E-state index contributed by atoms with van der Waals surface area (Å²) < 4.78 is 2.19. The number of nitro benzene ring substituents is 1. The smallest absolute Gasteiger partial charge is 0.269 e. The number of imidazole rings is 1. The van der Waals surface area contributed by atoms with Crippen molar-refractivity contribution < 1.29 is 9.72 Å². The molecule has 142 valence electrons. The van der Waals surface area contributed by atoms with Gasteiger partial charge in [-0.05, 0) is 24.5 Å². The number of carbonyl (C=O) groups excluding carboxylic acids is 1. The molecule has 2 heterocycles. The number of nitrogens with one attached hydrogen (secondary N) is 1. The van der Waals surface area contributed by atoms with Gasteiger partial charge < -0.3 is 9.88 Å². The monoisotopic (exact) mass is 376 g/mol. The predicted octanol–water partition coefficient (Wildman–Crippen LogP) is 3.98. The molecule has 3 aromatic rings. The van der Waals surface area contributed by atoms with Crippen LogP contribution in [0.3, 0.4) is 0 Å².